The van der Waals surface area contributed by atoms with Crippen LogP contribution in [0.5, 0.6) is 5.75 Å². The lowest BCUT2D eigenvalue weighted by Gasteiger charge is -2.01. The van der Waals surface area contributed by atoms with E-state index in [2.05, 4.69) is 10.3 Å². The van der Waals surface area contributed by atoms with Gasteiger partial charge in [0.05, 0.1) is 17.3 Å². The molecule has 0 fully saturated rings. The lowest BCUT2D eigenvalue weighted by molar-refractivity contribution is 0.0948. The standard InChI is InChI=1S/C13H16N2O3S/c1-17-7-3-6-14-12(16)13-15-10-8-9(18-2)4-5-11(10)19-13/h4-5,8H,3,6-7H2,1-2H3,(H,14,16). The molecule has 0 aliphatic carbocycles. The highest BCUT2D eigenvalue weighted by Gasteiger charge is 2.12. The van der Waals surface area contributed by atoms with Gasteiger partial charge in [0.2, 0.25) is 0 Å². The largest absolute Gasteiger partial charge is 0.497 e. The van der Waals surface area contributed by atoms with Gasteiger partial charge < -0.3 is 14.8 Å². The van der Waals surface area contributed by atoms with E-state index >= 15 is 0 Å². The molecule has 0 atom stereocenters. The molecule has 5 nitrogen and oxygen atoms in total. The van der Waals surface area contributed by atoms with Crippen LogP contribution < -0.4 is 10.1 Å². The smallest absolute Gasteiger partial charge is 0.280 e. The maximum Gasteiger partial charge on any atom is 0.280 e. The van der Waals surface area contributed by atoms with Gasteiger partial charge in [0.15, 0.2) is 5.01 Å². The molecule has 0 aliphatic heterocycles. The third kappa shape index (κ3) is 3.42. The molecule has 6 heteroatoms. The zero-order valence-corrected chi connectivity index (χ0v) is 11.8. The number of benzene rings is 1. The summed E-state index contributed by atoms with van der Waals surface area (Å²) in [4.78, 5) is 16.2. The van der Waals surface area contributed by atoms with E-state index in [9.17, 15) is 4.79 Å². The lowest BCUT2D eigenvalue weighted by atomic mass is 10.3. The summed E-state index contributed by atoms with van der Waals surface area (Å²) in [7, 11) is 3.25. The Hall–Kier alpha value is -1.66. The second-order valence-corrected chi connectivity index (χ2v) is 4.99. The Balaban J connectivity index is 2.05. The molecule has 1 aromatic heterocycles. The van der Waals surface area contributed by atoms with Crippen molar-refractivity contribution >= 4 is 27.5 Å². The topological polar surface area (TPSA) is 60.5 Å². The van der Waals surface area contributed by atoms with Crippen LogP contribution in [0, 0.1) is 0 Å². The number of nitrogens with zero attached hydrogens (tertiary/aromatic N) is 1. The van der Waals surface area contributed by atoms with Crippen LogP contribution >= 0.6 is 11.3 Å². The number of thiazole rings is 1. The number of carbonyl (C=O) groups excluding carboxylic acids is 1. The molecule has 1 amide bonds. The minimum atomic E-state index is -0.142. The highest BCUT2D eigenvalue weighted by atomic mass is 32.1. The van der Waals surface area contributed by atoms with Gasteiger partial charge in [0.25, 0.3) is 5.91 Å². The molecule has 1 aromatic carbocycles. The Kier molecular flexibility index (Phi) is 4.70. The summed E-state index contributed by atoms with van der Waals surface area (Å²) in [6, 6.07) is 5.60. The summed E-state index contributed by atoms with van der Waals surface area (Å²) in [6.07, 6.45) is 0.793. The summed E-state index contributed by atoms with van der Waals surface area (Å²) in [6.45, 7) is 1.23. The third-order valence-electron chi connectivity index (χ3n) is 2.60. The Bertz CT molecular complexity index is 568. The van der Waals surface area contributed by atoms with Crippen molar-refractivity contribution in [2.24, 2.45) is 0 Å². The van der Waals surface area contributed by atoms with Crippen LogP contribution in [-0.2, 0) is 4.74 Å². The highest BCUT2D eigenvalue weighted by Crippen LogP contribution is 2.25. The predicted octanol–water partition coefficient (Wildman–Crippen LogP) is 2.07. The number of aromatic nitrogens is 1. The number of fused-ring (bicyclic) bond motifs is 1. The predicted molar refractivity (Wildman–Crippen MR) is 75.0 cm³/mol. The van der Waals surface area contributed by atoms with Crippen molar-refractivity contribution in [1.29, 1.82) is 0 Å². The van der Waals surface area contributed by atoms with Crippen molar-refractivity contribution in [3.05, 3.63) is 23.2 Å². The first kappa shape index (κ1) is 13.8. The number of amides is 1. The molecule has 0 spiro atoms. The van der Waals surface area contributed by atoms with Gasteiger partial charge in [0, 0.05) is 26.3 Å². The van der Waals surface area contributed by atoms with Crippen molar-refractivity contribution in [1.82, 2.24) is 10.3 Å². The monoisotopic (exact) mass is 280 g/mol. The van der Waals surface area contributed by atoms with E-state index in [1.165, 1.54) is 11.3 Å². The van der Waals surface area contributed by atoms with Crippen LogP contribution in [0.3, 0.4) is 0 Å². The van der Waals surface area contributed by atoms with Gasteiger partial charge in [-0.3, -0.25) is 4.79 Å². The van der Waals surface area contributed by atoms with E-state index < -0.39 is 0 Å². The lowest BCUT2D eigenvalue weighted by Crippen LogP contribution is -2.24. The second-order valence-electron chi connectivity index (χ2n) is 3.95. The summed E-state index contributed by atoms with van der Waals surface area (Å²) in [5.74, 6) is 0.598. The zero-order chi connectivity index (χ0) is 13.7. The van der Waals surface area contributed by atoms with Gasteiger partial charge in [-0.15, -0.1) is 11.3 Å². The average molecular weight is 280 g/mol. The van der Waals surface area contributed by atoms with Gasteiger partial charge >= 0.3 is 0 Å². The molecule has 2 aromatic rings. The second kappa shape index (κ2) is 6.49. The fourth-order valence-corrected chi connectivity index (χ4v) is 2.49. The summed E-state index contributed by atoms with van der Waals surface area (Å²) in [5, 5.41) is 3.29. The molecule has 2 rings (SSSR count). The van der Waals surface area contributed by atoms with Gasteiger partial charge in [-0.05, 0) is 18.6 Å². The van der Waals surface area contributed by atoms with E-state index in [0.29, 0.717) is 18.2 Å². The maximum absolute atomic E-state index is 11.9. The molecule has 102 valence electrons. The summed E-state index contributed by atoms with van der Waals surface area (Å²) >= 11 is 1.38. The number of nitrogens with one attached hydrogen (secondary N) is 1. The van der Waals surface area contributed by atoms with Crippen LogP contribution in [0.4, 0.5) is 0 Å². The van der Waals surface area contributed by atoms with E-state index in [1.807, 2.05) is 18.2 Å². The Labute approximate surface area is 115 Å². The third-order valence-corrected chi connectivity index (χ3v) is 3.63. The number of hydrogen-bond acceptors (Lipinski definition) is 5. The average Bonchev–Trinajstić information content (AvgIpc) is 2.86. The molecule has 0 radical (unpaired) electrons. The van der Waals surface area contributed by atoms with Gasteiger partial charge in [-0.2, -0.15) is 0 Å². The van der Waals surface area contributed by atoms with Gasteiger partial charge in [0.1, 0.15) is 5.75 Å². The van der Waals surface area contributed by atoms with Gasteiger partial charge in [-0.25, -0.2) is 4.98 Å². The zero-order valence-electron chi connectivity index (χ0n) is 10.9. The molecule has 19 heavy (non-hydrogen) atoms. The van der Waals surface area contributed by atoms with Crippen LogP contribution in [-0.4, -0.2) is 38.3 Å². The van der Waals surface area contributed by atoms with Crippen molar-refractivity contribution in [3.8, 4) is 5.75 Å². The molecular weight excluding hydrogens is 264 g/mol. The molecular formula is C13H16N2O3S. The fourth-order valence-electron chi connectivity index (χ4n) is 1.63. The molecule has 0 aliphatic rings. The van der Waals surface area contributed by atoms with Crippen LogP contribution in [0.15, 0.2) is 18.2 Å². The van der Waals surface area contributed by atoms with E-state index in [0.717, 1.165) is 22.4 Å². The highest BCUT2D eigenvalue weighted by molar-refractivity contribution is 7.20. The number of methoxy groups -OCH3 is 2. The summed E-state index contributed by atoms with van der Waals surface area (Å²) < 4.78 is 11.0. The van der Waals surface area contributed by atoms with Crippen LogP contribution in [0.2, 0.25) is 0 Å². The van der Waals surface area contributed by atoms with Crippen LogP contribution in [0.1, 0.15) is 16.2 Å². The first-order valence-electron chi connectivity index (χ1n) is 5.96. The van der Waals surface area contributed by atoms with Crippen molar-refractivity contribution in [2.75, 3.05) is 27.4 Å². The molecule has 0 bridgehead atoms. The fraction of sp³-hybridized carbons (Fsp3) is 0.385. The quantitative estimate of drug-likeness (QED) is 0.823. The Morgan fingerprint density at radius 2 is 2.26 bits per heavy atom. The normalized spacial score (nSPS) is 10.6. The van der Waals surface area contributed by atoms with Gasteiger partial charge in [-0.1, -0.05) is 0 Å². The first-order chi connectivity index (χ1) is 9.24. The summed E-state index contributed by atoms with van der Waals surface area (Å²) in [5.41, 5.74) is 0.784. The van der Waals surface area contributed by atoms with E-state index in [1.54, 1.807) is 14.2 Å². The maximum atomic E-state index is 11.9. The van der Waals surface area contributed by atoms with E-state index in [4.69, 9.17) is 9.47 Å². The number of hydrogen-bond donors (Lipinski definition) is 1. The Morgan fingerprint density at radius 3 is 3.00 bits per heavy atom. The molecule has 0 saturated heterocycles. The molecule has 1 heterocycles. The van der Waals surface area contributed by atoms with E-state index in [-0.39, 0.29) is 5.91 Å². The molecule has 1 N–H and O–H groups in total. The van der Waals surface area contributed by atoms with Crippen molar-refractivity contribution < 1.29 is 14.3 Å². The van der Waals surface area contributed by atoms with Crippen molar-refractivity contribution in [2.45, 2.75) is 6.42 Å². The minimum Gasteiger partial charge on any atom is -0.497 e. The molecule has 0 saturated carbocycles. The van der Waals surface area contributed by atoms with Crippen molar-refractivity contribution in [3.63, 3.8) is 0 Å². The first-order valence-corrected chi connectivity index (χ1v) is 6.78. The van der Waals surface area contributed by atoms with Crippen LogP contribution in [0.25, 0.3) is 10.2 Å². The number of carbonyl (C=O) groups is 1. The molecule has 0 unspecified atom stereocenters. The minimum absolute atomic E-state index is 0.142. The number of rotatable bonds is 6. The SMILES string of the molecule is COCCCNC(=O)c1nc2cc(OC)ccc2s1. The number of ether oxygens (including phenoxy) is 2. The Morgan fingerprint density at radius 1 is 1.42 bits per heavy atom.